The zero-order chi connectivity index (χ0) is 14.5. The maximum Gasteiger partial charge on any atom is 0.263 e. The first kappa shape index (κ1) is 18.3. The molecule has 1 aliphatic heterocycles. The molecule has 1 amide bonds. The molecule has 1 aliphatic rings. The fourth-order valence-corrected chi connectivity index (χ4v) is 2.69. The largest absolute Gasteiger partial charge is 0.481 e. The first-order valence-electron chi connectivity index (χ1n) is 6.97. The summed E-state index contributed by atoms with van der Waals surface area (Å²) < 4.78 is 6.71. The molecule has 0 saturated carbocycles. The topological polar surface area (TPSA) is 41.6 Å². The van der Waals surface area contributed by atoms with Gasteiger partial charge in [0.05, 0.1) is 0 Å². The highest BCUT2D eigenvalue weighted by molar-refractivity contribution is 9.10. The number of carbonyl (C=O) groups is 1. The molecule has 1 fully saturated rings. The third-order valence-corrected chi connectivity index (χ3v) is 4.21. The number of nitrogens with zero attached hydrogens (tertiary/aromatic N) is 1. The summed E-state index contributed by atoms with van der Waals surface area (Å²) in [6.45, 7) is 3.76. The molecule has 118 valence electrons. The van der Waals surface area contributed by atoms with Crippen LogP contribution in [-0.4, -0.2) is 43.1 Å². The van der Waals surface area contributed by atoms with Crippen molar-refractivity contribution < 1.29 is 9.53 Å². The van der Waals surface area contributed by atoms with E-state index in [0.29, 0.717) is 11.8 Å². The van der Waals surface area contributed by atoms with Crippen LogP contribution in [0.3, 0.4) is 0 Å². The third-order valence-electron chi connectivity index (χ3n) is 3.68. The van der Waals surface area contributed by atoms with Crippen LogP contribution in [-0.2, 0) is 4.79 Å². The van der Waals surface area contributed by atoms with Crippen molar-refractivity contribution in [3.63, 3.8) is 0 Å². The maximum absolute atomic E-state index is 12.4. The van der Waals surface area contributed by atoms with Gasteiger partial charge >= 0.3 is 0 Å². The van der Waals surface area contributed by atoms with Crippen LogP contribution >= 0.6 is 28.3 Å². The number of rotatable bonds is 4. The minimum Gasteiger partial charge on any atom is -0.481 e. The number of carbonyl (C=O) groups excluding carboxylic acids is 1. The number of hydrogen-bond acceptors (Lipinski definition) is 3. The molecule has 0 radical (unpaired) electrons. The van der Waals surface area contributed by atoms with E-state index in [0.717, 1.165) is 30.4 Å². The van der Waals surface area contributed by atoms with E-state index in [9.17, 15) is 4.79 Å². The average molecular weight is 378 g/mol. The first-order chi connectivity index (χ1) is 9.58. The molecule has 6 heteroatoms. The molecule has 1 aromatic rings. The summed E-state index contributed by atoms with van der Waals surface area (Å²) in [5, 5.41) is 3.31. The summed E-state index contributed by atoms with van der Waals surface area (Å²) in [6, 6.07) is 7.85. The summed E-state index contributed by atoms with van der Waals surface area (Å²) in [7, 11) is 1.87. The molecule has 1 N–H and O–H groups in total. The lowest BCUT2D eigenvalue weighted by atomic mass is 10.0. The zero-order valence-electron chi connectivity index (χ0n) is 12.3. The van der Waals surface area contributed by atoms with Gasteiger partial charge in [0.1, 0.15) is 5.75 Å². The van der Waals surface area contributed by atoms with E-state index in [1.807, 2.05) is 43.1 Å². The summed E-state index contributed by atoms with van der Waals surface area (Å²) >= 11 is 3.38. The van der Waals surface area contributed by atoms with E-state index in [-0.39, 0.29) is 18.3 Å². The van der Waals surface area contributed by atoms with Crippen molar-refractivity contribution in [1.82, 2.24) is 10.2 Å². The second-order valence-corrected chi connectivity index (χ2v) is 6.06. The Bertz CT molecular complexity index is 449. The van der Waals surface area contributed by atoms with Crippen molar-refractivity contribution >= 4 is 34.2 Å². The number of piperidine rings is 1. The van der Waals surface area contributed by atoms with Gasteiger partial charge in [-0.05, 0) is 57.1 Å². The van der Waals surface area contributed by atoms with E-state index in [2.05, 4.69) is 21.2 Å². The minimum absolute atomic E-state index is 0. The Labute approximate surface area is 140 Å². The van der Waals surface area contributed by atoms with Crippen LogP contribution in [0.2, 0.25) is 0 Å². The standard InChI is InChI=1S/C15H21BrN2O2.ClH/c1-11(20-14-5-3-12(16)4-6-14)15(19)18(2)13-7-9-17-10-8-13;/h3-6,11,13,17H,7-10H2,1-2H3;1H. The summed E-state index contributed by atoms with van der Waals surface area (Å²) in [5.74, 6) is 0.757. The van der Waals surface area contributed by atoms with Gasteiger partial charge < -0.3 is 15.0 Å². The molecule has 1 saturated heterocycles. The molecule has 1 unspecified atom stereocenters. The van der Waals surface area contributed by atoms with Gasteiger partial charge in [0.15, 0.2) is 6.10 Å². The van der Waals surface area contributed by atoms with Gasteiger partial charge in [-0.2, -0.15) is 0 Å². The van der Waals surface area contributed by atoms with Crippen molar-refractivity contribution in [2.45, 2.75) is 31.9 Å². The Balaban J connectivity index is 0.00000220. The minimum atomic E-state index is -0.462. The van der Waals surface area contributed by atoms with Crippen LogP contribution in [0.4, 0.5) is 0 Å². The highest BCUT2D eigenvalue weighted by Crippen LogP contribution is 2.18. The molecule has 1 heterocycles. The lowest BCUT2D eigenvalue weighted by Gasteiger charge is -2.33. The van der Waals surface area contributed by atoms with Crippen molar-refractivity contribution in [3.05, 3.63) is 28.7 Å². The number of ether oxygens (including phenoxy) is 1. The van der Waals surface area contributed by atoms with Crippen LogP contribution in [0.1, 0.15) is 19.8 Å². The van der Waals surface area contributed by atoms with Crippen LogP contribution in [0, 0.1) is 0 Å². The lowest BCUT2D eigenvalue weighted by Crippen LogP contribution is -2.48. The van der Waals surface area contributed by atoms with Crippen molar-refractivity contribution in [1.29, 1.82) is 0 Å². The highest BCUT2D eigenvalue weighted by Gasteiger charge is 2.26. The molecule has 0 aromatic heterocycles. The summed E-state index contributed by atoms with van der Waals surface area (Å²) in [6.07, 6.45) is 1.55. The molecule has 0 bridgehead atoms. The molecule has 1 aromatic carbocycles. The maximum atomic E-state index is 12.4. The monoisotopic (exact) mass is 376 g/mol. The van der Waals surface area contributed by atoms with Crippen molar-refractivity contribution in [3.8, 4) is 5.75 Å². The Kier molecular flexibility index (Phi) is 7.49. The average Bonchev–Trinajstić information content (AvgIpc) is 2.49. The molecule has 0 spiro atoms. The van der Waals surface area contributed by atoms with Crippen molar-refractivity contribution in [2.24, 2.45) is 0 Å². The number of halogens is 2. The fourth-order valence-electron chi connectivity index (χ4n) is 2.43. The number of amides is 1. The summed E-state index contributed by atoms with van der Waals surface area (Å²) in [5.41, 5.74) is 0. The number of likely N-dealkylation sites (N-methyl/N-ethyl adjacent to an activating group) is 1. The van der Waals surface area contributed by atoms with Crippen LogP contribution in [0.15, 0.2) is 28.7 Å². The smallest absolute Gasteiger partial charge is 0.263 e. The number of benzene rings is 1. The normalized spacial score (nSPS) is 16.7. The molecule has 4 nitrogen and oxygen atoms in total. The van der Waals surface area contributed by atoms with E-state index in [1.54, 1.807) is 0 Å². The Hall–Kier alpha value is -0.780. The Morgan fingerprint density at radius 1 is 1.33 bits per heavy atom. The van der Waals surface area contributed by atoms with Crippen molar-refractivity contribution in [2.75, 3.05) is 20.1 Å². The number of hydrogen-bond donors (Lipinski definition) is 1. The van der Waals surface area contributed by atoms with Gasteiger partial charge in [0.2, 0.25) is 0 Å². The highest BCUT2D eigenvalue weighted by atomic mass is 79.9. The molecular formula is C15H22BrClN2O2. The SMILES string of the molecule is CC(Oc1ccc(Br)cc1)C(=O)N(C)C1CCNCC1.Cl. The lowest BCUT2D eigenvalue weighted by molar-refractivity contribution is -0.139. The molecule has 0 aliphatic carbocycles. The predicted molar refractivity (Wildman–Crippen MR) is 90.1 cm³/mol. The number of nitrogens with one attached hydrogen (secondary N) is 1. The molecule has 21 heavy (non-hydrogen) atoms. The Morgan fingerprint density at radius 3 is 2.48 bits per heavy atom. The predicted octanol–water partition coefficient (Wildman–Crippen LogP) is 2.85. The van der Waals surface area contributed by atoms with E-state index >= 15 is 0 Å². The second-order valence-electron chi connectivity index (χ2n) is 5.14. The van der Waals surface area contributed by atoms with Crippen LogP contribution in [0.25, 0.3) is 0 Å². The van der Waals surface area contributed by atoms with Gasteiger partial charge in [-0.1, -0.05) is 15.9 Å². The fraction of sp³-hybridized carbons (Fsp3) is 0.533. The van der Waals surface area contributed by atoms with Gasteiger partial charge in [-0.25, -0.2) is 0 Å². The van der Waals surface area contributed by atoms with E-state index in [4.69, 9.17) is 4.74 Å². The second kappa shape index (κ2) is 8.61. The quantitative estimate of drug-likeness (QED) is 0.877. The third kappa shape index (κ3) is 5.16. The zero-order valence-corrected chi connectivity index (χ0v) is 14.7. The van der Waals surface area contributed by atoms with Gasteiger partial charge in [-0.3, -0.25) is 4.79 Å². The molecule has 1 atom stereocenters. The van der Waals surface area contributed by atoms with Gasteiger partial charge in [0.25, 0.3) is 5.91 Å². The van der Waals surface area contributed by atoms with Gasteiger partial charge in [0, 0.05) is 17.6 Å². The van der Waals surface area contributed by atoms with Gasteiger partial charge in [-0.15, -0.1) is 12.4 Å². The molecular weight excluding hydrogens is 356 g/mol. The van der Waals surface area contributed by atoms with E-state index in [1.165, 1.54) is 0 Å². The van der Waals surface area contributed by atoms with E-state index < -0.39 is 6.10 Å². The summed E-state index contributed by atoms with van der Waals surface area (Å²) in [4.78, 5) is 14.2. The van der Waals surface area contributed by atoms with Crippen LogP contribution in [0.5, 0.6) is 5.75 Å². The Morgan fingerprint density at radius 2 is 1.90 bits per heavy atom. The first-order valence-corrected chi connectivity index (χ1v) is 7.77. The molecule has 2 rings (SSSR count). The van der Waals surface area contributed by atoms with Crippen LogP contribution < -0.4 is 10.1 Å².